The van der Waals surface area contributed by atoms with Crippen molar-refractivity contribution in [1.82, 2.24) is 10.6 Å². The third-order valence-corrected chi connectivity index (χ3v) is 5.56. The Morgan fingerprint density at radius 2 is 1.69 bits per heavy atom. The highest BCUT2D eigenvalue weighted by Crippen LogP contribution is 2.30. The maximum absolute atomic E-state index is 12.7. The lowest BCUT2D eigenvalue weighted by Gasteiger charge is -2.24. The minimum Gasteiger partial charge on any atom is -0.490 e. The predicted octanol–water partition coefficient (Wildman–Crippen LogP) is 4.70. The summed E-state index contributed by atoms with van der Waals surface area (Å²) in [6.07, 6.45) is -2.24. The highest BCUT2D eigenvalue weighted by atomic mass is 19.4. The van der Waals surface area contributed by atoms with Gasteiger partial charge < -0.3 is 20.7 Å². The summed E-state index contributed by atoms with van der Waals surface area (Å²) < 4.78 is 44.2. The van der Waals surface area contributed by atoms with Crippen molar-refractivity contribution in [2.24, 2.45) is 5.92 Å². The number of amides is 1. The van der Waals surface area contributed by atoms with E-state index in [1.54, 1.807) is 24.3 Å². The van der Waals surface area contributed by atoms with E-state index < -0.39 is 11.7 Å². The number of hydrogen-bond acceptors (Lipinski definition) is 4. The van der Waals surface area contributed by atoms with E-state index >= 15 is 0 Å². The van der Waals surface area contributed by atoms with E-state index in [2.05, 4.69) is 16.0 Å². The van der Waals surface area contributed by atoms with Gasteiger partial charge in [0.25, 0.3) is 5.91 Å². The fourth-order valence-electron chi connectivity index (χ4n) is 3.52. The summed E-state index contributed by atoms with van der Waals surface area (Å²) >= 11 is 0. The molecule has 3 rings (SSSR count). The minimum atomic E-state index is -4.36. The first-order valence-corrected chi connectivity index (χ1v) is 10.9. The van der Waals surface area contributed by atoms with Crippen LogP contribution in [-0.2, 0) is 6.18 Å². The Kier molecular flexibility index (Phi) is 8.01. The lowest BCUT2D eigenvalue weighted by atomic mass is 10.0. The van der Waals surface area contributed by atoms with Crippen LogP contribution in [0.25, 0.3) is 0 Å². The molecular formula is C24H30F3N3O2. The van der Waals surface area contributed by atoms with Gasteiger partial charge >= 0.3 is 6.18 Å². The van der Waals surface area contributed by atoms with Gasteiger partial charge in [0.1, 0.15) is 11.9 Å². The van der Waals surface area contributed by atoms with E-state index in [1.165, 1.54) is 12.1 Å². The van der Waals surface area contributed by atoms with Gasteiger partial charge in [-0.05, 0) is 80.4 Å². The van der Waals surface area contributed by atoms with Crippen LogP contribution in [0.2, 0.25) is 0 Å². The number of benzene rings is 2. The van der Waals surface area contributed by atoms with E-state index in [4.69, 9.17) is 4.74 Å². The zero-order valence-electron chi connectivity index (χ0n) is 18.3. The molecule has 3 N–H and O–H groups in total. The van der Waals surface area contributed by atoms with Crippen molar-refractivity contribution in [3.8, 4) is 5.75 Å². The highest BCUT2D eigenvalue weighted by molar-refractivity contribution is 5.94. The lowest BCUT2D eigenvalue weighted by Crippen LogP contribution is -2.39. The first kappa shape index (κ1) is 23.9. The number of piperidine rings is 1. The Bertz CT molecular complexity index is 862. The highest BCUT2D eigenvalue weighted by Gasteiger charge is 2.30. The SMILES string of the molecule is CC(C)[C@H](CNC(=O)c1ccc(OC2CCNCC2)cc1)Nc1ccc(C(F)(F)F)cc1. The molecule has 1 aliphatic rings. The Morgan fingerprint density at radius 1 is 1.06 bits per heavy atom. The molecule has 1 amide bonds. The summed E-state index contributed by atoms with van der Waals surface area (Å²) in [7, 11) is 0. The molecule has 1 fully saturated rings. The zero-order chi connectivity index (χ0) is 23.1. The summed E-state index contributed by atoms with van der Waals surface area (Å²) in [5.74, 6) is 0.689. The fourth-order valence-corrected chi connectivity index (χ4v) is 3.52. The molecule has 1 atom stereocenters. The van der Waals surface area contributed by atoms with Crippen LogP contribution < -0.4 is 20.7 Å². The number of alkyl halides is 3. The van der Waals surface area contributed by atoms with Crippen LogP contribution >= 0.6 is 0 Å². The summed E-state index contributed by atoms with van der Waals surface area (Å²) in [5.41, 5.74) is 0.412. The van der Waals surface area contributed by atoms with Gasteiger partial charge in [0.05, 0.1) is 5.56 Å². The van der Waals surface area contributed by atoms with Crippen molar-refractivity contribution in [2.45, 2.75) is 45.0 Å². The summed E-state index contributed by atoms with van der Waals surface area (Å²) in [5, 5.41) is 9.41. The number of ether oxygens (including phenoxy) is 1. The second-order valence-electron chi connectivity index (χ2n) is 8.37. The molecule has 0 unspecified atom stereocenters. The predicted molar refractivity (Wildman–Crippen MR) is 119 cm³/mol. The minimum absolute atomic E-state index is 0.141. The molecule has 5 nitrogen and oxygen atoms in total. The first-order valence-electron chi connectivity index (χ1n) is 10.9. The van der Waals surface area contributed by atoms with Crippen molar-refractivity contribution >= 4 is 11.6 Å². The standard InChI is InChI=1S/C24H30F3N3O2/c1-16(2)22(30-19-7-5-18(6-8-19)24(25,26)27)15-29-23(31)17-3-9-20(10-4-17)32-21-11-13-28-14-12-21/h3-10,16,21-22,28,30H,11-15H2,1-2H3,(H,29,31)/t22-/m0/s1. The molecular weight excluding hydrogens is 419 g/mol. The molecule has 174 valence electrons. The van der Waals surface area contributed by atoms with Gasteiger partial charge in [0.2, 0.25) is 0 Å². The molecule has 0 aliphatic carbocycles. The average molecular weight is 450 g/mol. The monoisotopic (exact) mass is 449 g/mol. The molecule has 2 aromatic rings. The largest absolute Gasteiger partial charge is 0.490 e. The Labute approximate surface area is 186 Å². The van der Waals surface area contributed by atoms with Gasteiger partial charge in [-0.3, -0.25) is 4.79 Å². The molecule has 32 heavy (non-hydrogen) atoms. The number of carbonyl (C=O) groups excluding carboxylic acids is 1. The summed E-state index contributed by atoms with van der Waals surface area (Å²) in [6.45, 7) is 6.21. The van der Waals surface area contributed by atoms with Crippen molar-refractivity contribution < 1.29 is 22.7 Å². The smallest absolute Gasteiger partial charge is 0.416 e. The van der Waals surface area contributed by atoms with Crippen molar-refractivity contribution in [3.05, 3.63) is 59.7 Å². The van der Waals surface area contributed by atoms with Crippen LogP contribution in [0.3, 0.4) is 0 Å². The fraction of sp³-hybridized carbons (Fsp3) is 0.458. The van der Waals surface area contributed by atoms with Crippen LogP contribution in [0.1, 0.15) is 42.6 Å². The molecule has 2 aromatic carbocycles. The molecule has 0 aromatic heterocycles. The second kappa shape index (κ2) is 10.7. The molecule has 8 heteroatoms. The molecule has 1 saturated heterocycles. The lowest BCUT2D eigenvalue weighted by molar-refractivity contribution is -0.137. The van der Waals surface area contributed by atoms with Gasteiger partial charge in [-0.2, -0.15) is 13.2 Å². The van der Waals surface area contributed by atoms with E-state index in [9.17, 15) is 18.0 Å². The second-order valence-corrected chi connectivity index (χ2v) is 8.37. The van der Waals surface area contributed by atoms with E-state index in [0.29, 0.717) is 17.8 Å². The number of rotatable bonds is 8. The molecule has 1 aliphatic heterocycles. The van der Waals surface area contributed by atoms with Crippen LogP contribution in [0.4, 0.5) is 18.9 Å². The Balaban J connectivity index is 1.53. The van der Waals surface area contributed by atoms with Crippen molar-refractivity contribution in [1.29, 1.82) is 0 Å². The maximum Gasteiger partial charge on any atom is 0.416 e. The maximum atomic E-state index is 12.7. The van der Waals surface area contributed by atoms with Crippen LogP contribution in [0.15, 0.2) is 48.5 Å². The third kappa shape index (κ3) is 6.88. The van der Waals surface area contributed by atoms with Gasteiger partial charge in [0.15, 0.2) is 0 Å². The number of anilines is 1. The van der Waals surface area contributed by atoms with Crippen LogP contribution in [0.5, 0.6) is 5.75 Å². The zero-order valence-corrected chi connectivity index (χ0v) is 18.3. The average Bonchev–Trinajstić information content (AvgIpc) is 2.77. The summed E-state index contributed by atoms with van der Waals surface area (Å²) in [6, 6.07) is 11.8. The Hall–Kier alpha value is -2.74. The van der Waals surface area contributed by atoms with Gasteiger partial charge in [0, 0.05) is 23.8 Å². The van der Waals surface area contributed by atoms with E-state index in [-0.39, 0.29) is 24.0 Å². The quantitative estimate of drug-likeness (QED) is 0.547. The number of halogens is 3. The molecule has 0 bridgehead atoms. The van der Waals surface area contributed by atoms with Crippen molar-refractivity contribution in [2.75, 3.05) is 25.0 Å². The van der Waals surface area contributed by atoms with Gasteiger partial charge in [-0.1, -0.05) is 13.8 Å². The normalized spacial score (nSPS) is 15.9. The number of hydrogen-bond donors (Lipinski definition) is 3. The van der Waals surface area contributed by atoms with E-state index in [0.717, 1.165) is 43.8 Å². The third-order valence-electron chi connectivity index (χ3n) is 5.56. The van der Waals surface area contributed by atoms with Crippen LogP contribution in [0, 0.1) is 5.92 Å². The van der Waals surface area contributed by atoms with Crippen molar-refractivity contribution in [3.63, 3.8) is 0 Å². The molecule has 0 spiro atoms. The van der Waals surface area contributed by atoms with E-state index in [1.807, 2.05) is 13.8 Å². The number of nitrogens with one attached hydrogen (secondary N) is 3. The van der Waals surface area contributed by atoms with Crippen LogP contribution in [-0.4, -0.2) is 37.7 Å². The van der Waals surface area contributed by atoms with Gasteiger partial charge in [-0.15, -0.1) is 0 Å². The topological polar surface area (TPSA) is 62.4 Å². The molecule has 0 radical (unpaired) electrons. The molecule has 0 saturated carbocycles. The van der Waals surface area contributed by atoms with Gasteiger partial charge in [-0.25, -0.2) is 0 Å². The Morgan fingerprint density at radius 3 is 2.25 bits per heavy atom. The molecule has 1 heterocycles. The summed E-state index contributed by atoms with van der Waals surface area (Å²) in [4.78, 5) is 12.6. The first-order chi connectivity index (χ1) is 15.2. The number of carbonyl (C=O) groups is 1.